The second-order valence-corrected chi connectivity index (χ2v) is 9.04. The molecule has 1 saturated carbocycles. The molecule has 2 amide bonds. The fourth-order valence-electron chi connectivity index (χ4n) is 3.77. The molecule has 0 unspecified atom stereocenters. The molecule has 1 N–H and O–H groups in total. The topological polar surface area (TPSA) is 93.0 Å². The van der Waals surface area contributed by atoms with Crippen LogP contribution in [0.4, 0.5) is 13.9 Å². The summed E-state index contributed by atoms with van der Waals surface area (Å²) < 4.78 is 27.1. The molecule has 3 heterocycles. The smallest absolute Gasteiger partial charge is 0.291 e. The Morgan fingerprint density at radius 3 is 2.72 bits per heavy atom. The number of aromatic nitrogens is 4. The van der Waals surface area contributed by atoms with Gasteiger partial charge in [-0.15, -0.1) is 10.2 Å². The highest BCUT2D eigenvalue weighted by Crippen LogP contribution is 2.44. The number of hydrogen-bond donors (Lipinski definition) is 1. The zero-order valence-electron chi connectivity index (χ0n) is 16.6. The summed E-state index contributed by atoms with van der Waals surface area (Å²) in [5, 5.41) is 13.9. The number of rotatable bonds is 6. The molecule has 8 nitrogen and oxygen atoms in total. The SMILES string of the molecule is O=C(Nc1nnc(C(F)F)s1)c1nn2c(c1C1CC1)C(=O)N(Cc1ccccc1Cl)CC2. The van der Waals surface area contributed by atoms with Crippen LogP contribution in [0.1, 0.15) is 62.3 Å². The first-order chi connectivity index (χ1) is 15.4. The van der Waals surface area contributed by atoms with Crippen molar-refractivity contribution in [2.75, 3.05) is 11.9 Å². The van der Waals surface area contributed by atoms with Crippen LogP contribution in [0.25, 0.3) is 0 Å². The van der Waals surface area contributed by atoms with Gasteiger partial charge in [-0.05, 0) is 30.4 Å². The average Bonchev–Trinajstić information content (AvgIpc) is 3.35. The fraction of sp³-hybridized carbons (Fsp3) is 0.350. The highest BCUT2D eigenvalue weighted by Gasteiger charge is 2.40. The Kier molecular flexibility index (Phi) is 5.38. The molecule has 1 aliphatic carbocycles. The Morgan fingerprint density at radius 2 is 2.03 bits per heavy atom. The minimum atomic E-state index is -2.76. The second-order valence-electron chi connectivity index (χ2n) is 7.63. The van der Waals surface area contributed by atoms with E-state index in [1.807, 2.05) is 18.2 Å². The molecule has 1 fully saturated rings. The van der Waals surface area contributed by atoms with Crippen LogP contribution in [0, 0.1) is 0 Å². The van der Waals surface area contributed by atoms with E-state index < -0.39 is 17.3 Å². The zero-order chi connectivity index (χ0) is 22.4. The third kappa shape index (κ3) is 3.86. The third-order valence-corrected chi connectivity index (χ3v) is 6.64. The summed E-state index contributed by atoms with van der Waals surface area (Å²) in [6, 6.07) is 7.35. The van der Waals surface area contributed by atoms with E-state index in [0.717, 1.165) is 18.4 Å². The number of nitrogens with zero attached hydrogens (tertiary/aromatic N) is 5. The number of alkyl halides is 2. The van der Waals surface area contributed by atoms with Gasteiger partial charge in [-0.2, -0.15) is 5.10 Å². The molecule has 0 saturated heterocycles. The monoisotopic (exact) mass is 478 g/mol. The minimum absolute atomic E-state index is 0.0373. The van der Waals surface area contributed by atoms with Gasteiger partial charge in [0.1, 0.15) is 5.69 Å². The quantitative estimate of drug-likeness (QED) is 0.575. The molecule has 32 heavy (non-hydrogen) atoms. The molecule has 0 radical (unpaired) electrons. The molecule has 0 atom stereocenters. The van der Waals surface area contributed by atoms with Gasteiger partial charge >= 0.3 is 0 Å². The van der Waals surface area contributed by atoms with Crippen LogP contribution in [0.15, 0.2) is 24.3 Å². The molecule has 3 aromatic rings. The van der Waals surface area contributed by atoms with Crippen LogP contribution in [-0.2, 0) is 13.1 Å². The van der Waals surface area contributed by atoms with Crippen molar-refractivity contribution in [1.82, 2.24) is 24.9 Å². The lowest BCUT2D eigenvalue weighted by molar-refractivity contribution is 0.0681. The summed E-state index contributed by atoms with van der Waals surface area (Å²) in [5.74, 6) is -0.730. The van der Waals surface area contributed by atoms with E-state index >= 15 is 0 Å². The van der Waals surface area contributed by atoms with Crippen LogP contribution in [-0.4, -0.2) is 43.2 Å². The summed E-state index contributed by atoms with van der Waals surface area (Å²) in [6.45, 7) is 1.22. The first kappa shape index (κ1) is 21.0. The van der Waals surface area contributed by atoms with Crippen molar-refractivity contribution in [2.45, 2.75) is 38.3 Å². The number of hydrogen-bond acceptors (Lipinski definition) is 6. The van der Waals surface area contributed by atoms with Crippen molar-refractivity contribution in [1.29, 1.82) is 0 Å². The van der Waals surface area contributed by atoms with E-state index in [4.69, 9.17) is 11.6 Å². The predicted octanol–water partition coefficient (Wildman–Crippen LogP) is 4.11. The van der Waals surface area contributed by atoms with Crippen molar-refractivity contribution >= 4 is 39.9 Å². The summed E-state index contributed by atoms with van der Waals surface area (Å²) in [4.78, 5) is 28.0. The average molecular weight is 479 g/mol. The Bertz CT molecular complexity index is 1210. The van der Waals surface area contributed by atoms with Crippen LogP contribution in [0.2, 0.25) is 5.02 Å². The van der Waals surface area contributed by atoms with Gasteiger partial charge in [0, 0.05) is 23.7 Å². The van der Waals surface area contributed by atoms with Crippen molar-refractivity contribution in [2.24, 2.45) is 0 Å². The number of anilines is 1. The van der Waals surface area contributed by atoms with Gasteiger partial charge in [0.2, 0.25) is 5.13 Å². The Labute approximate surface area is 190 Å². The molecule has 2 aromatic heterocycles. The van der Waals surface area contributed by atoms with Crippen molar-refractivity contribution in [3.05, 3.63) is 56.8 Å². The van der Waals surface area contributed by atoms with Gasteiger partial charge in [0.25, 0.3) is 18.2 Å². The van der Waals surface area contributed by atoms with Gasteiger partial charge in [0.15, 0.2) is 10.7 Å². The molecule has 166 valence electrons. The van der Waals surface area contributed by atoms with Gasteiger partial charge in [-0.3, -0.25) is 19.6 Å². The minimum Gasteiger partial charge on any atom is -0.331 e. The number of benzene rings is 1. The molecular weight excluding hydrogens is 462 g/mol. The van der Waals surface area contributed by atoms with E-state index in [-0.39, 0.29) is 22.7 Å². The molecule has 1 aliphatic heterocycles. The first-order valence-electron chi connectivity index (χ1n) is 9.98. The van der Waals surface area contributed by atoms with Crippen molar-refractivity contribution in [3.8, 4) is 0 Å². The largest absolute Gasteiger partial charge is 0.331 e. The van der Waals surface area contributed by atoms with Crippen LogP contribution in [0.5, 0.6) is 0 Å². The molecule has 1 aromatic carbocycles. The first-order valence-corrected chi connectivity index (χ1v) is 11.2. The Balaban J connectivity index is 1.43. The highest BCUT2D eigenvalue weighted by molar-refractivity contribution is 7.15. The van der Waals surface area contributed by atoms with Gasteiger partial charge < -0.3 is 4.90 Å². The van der Waals surface area contributed by atoms with Crippen LogP contribution < -0.4 is 5.32 Å². The van der Waals surface area contributed by atoms with E-state index in [0.29, 0.717) is 47.3 Å². The third-order valence-electron chi connectivity index (χ3n) is 5.43. The van der Waals surface area contributed by atoms with Crippen LogP contribution >= 0.6 is 22.9 Å². The Morgan fingerprint density at radius 1 is 1.25 bits per heavy atom. The molecule has 5 rings (SSSR count). The summed E-state index contributed by atoms with van der Waals surface area (Å²) in [5.41, 5.74) is 1.98. The molecule has 12 heteroatoms. The van der Waals surface area contributed by atoms with Gasteiger partial charge in [-0.1, -0.05) is 41.1 Å². The standard InChI is InChI=1S/C20H17ClF2N6O2S/c21-12-4-2-1-3-11(12)9-28-7-8-29-15(19(28)31)13(10-5-6-10)14(27-29)17(30)24-20-26-25-18(32-20)16(22)23/h1-4,10,16H,5-9H2,(H,24,26,30). The van der Waals surface area contributed by atoms with Gasteiger partial charge in [-0.25, -0.2) is 8.78 Å². The molecule has 0 bridgehead atoms. The fourth-order valence-corrected chi connectivity index (χ4v) is 4.56. The molecular formula is C20H17ClF2N6O2S. The van der Waals surface area contributed by atoms with Crippen LogP contribution in [0.3, 0.4) is 0 Å². The lowest BCUT2D eigenvalue weighted by Gasteiger charge is -2.28. The maximum absolute atomic E-state index is 13.3. The van der Waals surface area contributed by atoms with E-state index in [9.17, 15) is 18.4 Å². The lowest BCUT2D eigenvalue weighted by atomic mass is 10.0. The maximum atomic E-state index is 13.3. The highest BCUT2D eigenvalue weighted by atomic mass is 35.5. The summed E-state index contributed by atoms with van der Waals surface area (Å²) in [7, 11) is 0. The predicted molar refractivity (Wildman–Crippen MR) is 113 cm³/mol. The van der Waals surface area contributed by atoms with Crippen molar-refractivity contribution in [3.63, 3.8) is 0 Å². The number of halogens is 3. The molecule has 2 aliphatic rings. The number of carbonyl (C=O) groups is 2. The summed E-state index contributed by atoms with van der Waals surface area (Å²) in [6.07, 6.45) is -1.06. The second kappa shape index (κ2) is 8.21. The molecule has 0 spiro atoms. The van der Waals surface area contributed by atoms with Crippen molar-refractivity contribution < 1.29 is 18.4 Å². The maximum Gasteiger partial charge on any atom is 0.291 e. The van der Waals surface area contributed by atoms with E-state index in [1.54, 1.807) is 15.6 Å². The van der Waals surface area contributed by atoms with E-state index in [1.165, 1.54) is 0 Å². The van der Waals surface area contributed by atoms with E-state index in [2.05, 4.69) is 20.6 Å². The van der Waals surface area contributed by atoms with Gasteiger partial charge in [0.05, 0.1) is 6.54 Å². The number of fused-ring (bicyclic) bond motifs is 1. The number of carbonyl (C=O) groups excluding carboxylic acids is 2. The Hall–Kier alpha value is -2.92. The summed E-state index contributed by atoms with van der Waals surface area (Å²) >= 11 is 6.87. The zero-order valence-corrected chi connectivity index (χ0v) is 18.2. The number of nitrogens with one attached hydrogen (secondary N) is 1. The normalized spacial score (nSPS) is 15.9. The lowest BCUT2D eigenvalue weighted by Crippen LogP contribution is -2.40. The number of amides is 2.